The van der Waals surface area contributed by atoms with Crippen LogP contribution in [0.2, 0.25) is 5.15 Å². The van der Waals surface area contributed by atoms with E-state index in [1.165, 1.54) is 0 Å². The fourth-order valence-corrected chi connectivity index (χ4v) is 0.912. The molecule has 1 rings (SSSR count). The van der Waals surface area contributed by atoms with Crippen molar-refractivity contribution >= 4 is 11.6 Å². The Labute approximate surface area is 70.8 Å². The van der Waals surface area contributed by atoms with Gasteiger partial charge in [0, 0.05) is 6.20 Å². The zero-order valence-corrected chi connectivity index (χ0v) is 7.26. The molecule has 0 radical (unpaired) electrons. The molecule has 2 nitrogen and oxygen atoms in total. The number of aliphatic hydroxyl groups is 1. The van der Waals surface area contributed by atoms with Crippen molar-refractivity contribution in [3.05, 3.63) is 28.5 Å². The molecule has 1 unspecified atom stereocenters. The van der Waals surface area contributed by atoms with Crippen molar-refractivity contribution in [3.8, 4) is 0 Å². The van der Waals surface area contributed by atoms with Gasteiger partial charge in [-0.2, -0.15) is 0 Å². The molecule has 0 bridgehead atoms. The van der Waals surface area contributed by atoms with Crippen LogP contribution in [0.15, 0.2) is 12.3 Å². The summed E-state index contributed by atoms with van der Waals surface area (Å²) in [4.78, 5) is 3.91. The second-order valence-corrected chi connectivity index (χ2v) is 2.91. The molecule has 0 saturated heterocycles. The van der Waals surface area contributed by atoms with Crippen molar-refractivity contribution in [1.82, 2.24) is 4.98 Å². The van der Waals surface area contributed by atoms with E-state index in [0.717, 1.165) is 11.1 Å². The minimum atomic E-state index is -0.474. The Morgan fingerprint density at radius 1 is 1.64 bits per heavy atom. The van der Waals surface area contributed by atoms with E-state index in [4.69, 9.17) is 16.7 Å². The highest BCUT2D eigenvalue weighted by Crippen LogP contribution is 2.17. The van der Waals surface area contributed by atoms with E-state index in [-0.39, 0.29) is 0 Å². The standard InChI is InChI=1S/C8H10ClNO/c1-5-3-7(6(2)11)4-10-8(5)9/h3-4,6,11H,1-2H3. The highest BCUT2D eigenvalue weighted by molar-refractivity contribution is 6.30. The van der Waals surface area contributed by atoms with Crippen molar-refractivity contribution in [2.24, 2.45) is 0 Å². The van der Waals surface area contributed by atoms with Crippen LogP contribution in [0.1, 0.15) is 24.2 Å². The molecule has 3 heteroatoms. The van der Waals surface area contributed by atoms with Crippen LogP contribution in [-0.2, 0) is 0 Å². The van der Waals surface area contributed by atoms with Gasteiger partial charge < -0.3 is 5.11 Å². The number of aryl methyl sites for hydroxylation is 1. The van der Waals surface area contributed by atoms with Gasteiger partial charge in [-0.25, -0.2) is 4.98 Å². The van der Waals surface area contributed by atoms with Gasteiger partial charge in [-0.05, 0) is 31.0 Å². The predicted octanol–water partition coefficient (Wildman–Crippen LogP) is 2.10. The van der Waals surface area contributed by atoms with Crippen LogP contribution >= 0.6 is 11.6 Å². The first-order chi connectivity index (χ1) is 5.11. The van der Waals surface area contributed by atoms with Crippen LogP contribution in [0.5, 0.6) is 0 Å². The molecule has 1 aromatic rings. The second kappa shape index (κ2) is 3.20. The van der Waals surface area contributed by atoms with Gasteiger partial charge in [0.15, 0.2) is 0 Å². The van der Waals surface area contributed by atoms with E-state index < -0.39 is 6.10 Å². The van der Waals surface area contributed by atoms with Crippen LogP contribution in [0, 0.1) is 6.92 Å². The Morgan fingerprint density at radius 2 is 2.27 bits per heavy atom. The van der Waals surface area contributed by atoms with Gasteiger partial charge in [0.2, 0.25) is 0 Å². The van der Waals surface area contributed by atoms with Gasteiger partial charge in [-0.3, -0.25) is 0 Å². The molecular weight excluding hydrogens is 162 g/mol. The molecule has 0 aromatic carbocycles. The van der Waals surface area contributed by atoms with Gasteiger partial charge in [0.05, 0.1) is 6.10 Å². The van der Waals surface area contributed by atoms with Crippen molar-refractivity contribution in [3.63, 3.8) is 0 Å². The summed E-state index contributed by atoms with van der Waals surface area (Å²) in [5.74, 6) is 0. The zero-order valence-electron chi connectivity index (χ0n) is 6.50. The van der Waals surface area contributed by atoms with Gasteiger partial charge >= 0.3 is 0 Å². The number of rotatable bonds is 1. The summed E-state index contributed by atoms with van der Waals surface area (Å²) < 4.78 is 0. The molecular formula is C8H10ClNO. The van der Waals surface area contributed by atoms with Crippen molar-refractivity contribution in [2.75, 3.05) is 0 Å². The number of nitrogens with zero attached hydrogens (tertiary/aromatic N) is 1. The van der Waals surface area contributed by atoms with Crippen LogP contribution < -0.4 is 0 Å². The van der Waals surface area contributed by atoms with Gasteiger partial charge in [-0.15, -0.1) is 0 Å². The summed E-state index contributed by atoms with van der Waals surface area (Å²) in [6.45, 7) is 3.56. The van der Waals surface area contributed by atoms with Gasteiger partial charge in [-0.1, -0.05) is 11.6 Å². The maximum atomic E-state index is 9.16. The molecule has 0 fully saturated rings. The second-order valence-electron chi connectivity index (χ2n) is 2.55. The first-order valence-electron chi connectivity index (χ1n) is 3.41. The number of pyridine rings is 1. The smallest absolute Gasteiger partial charge is 0.131 e. The molecule has 0 aliphatic carbocycles. The lowest BCUT2D eigenvalue weighted by Crippen LogP contribution is -1.93. The van der Waals surface area contributed by atoms with Gasteiger partial charge in [0.25, 0.3) is 0 Å². The summed E-state index contributed by atoms with van der Waals surface area (Å²) in [5, 5.41) is 9.65. The highest BCUT2D eigenvalue weighted by atomic mass is 35.5. The van der Waals surface area contributed by atoms with E-state index in [1.54, 1.807) is 13.1 Å². The SMILES string of the molecule is Cc1cc(C(C)O)cnc1Cl. The van der Waals surface area contributed by atoms with Gasteiger partial charge in [0.1, 0.15) is 5.15 Å². The Kier molecular flexibility index (Phi) is 2.47. The minimum absolute atomic E-state index is 0.474. The minimum Gasteiger partial charge on any atom is -0.389 e. The number of aliphatic hydroxyl groups excluding tert-OH is 1. The molecule has 0 amide bonds. The molecule has 0 aliphatic rings. The molecule has 0 aliphatic heterocycles. The number of hydrogen-bond acceptors (Lipinski definition) is 2. The van der Waals surface area contributed by atoms with E-state index >= 15 is 0 Å². The quantitative estimate of drug-likeness (QED) is 0.657. The summed E-state index contributed by atoms with van der Waals surface area (Å²) in [5.41, 5.74) is 1.69. The highest BCUT2D eigenvalue weighted by Gasteiger charge is 2.02. The lowest BCUT2D eigenvalue weighted by atomic mass is 10.1. The maximum absolute atomic E-state index is 9.16. The molecule has 1 heterocycles. The van der Waals surface area contributed by atoms with Crippen molar-refractivity contribution in [1.29, 1.82) is 0 Å². The summed E-state index contributed by atoms with van der Waals surface area (Å²) in [7, 11) is 0. The topological polar surface area (TPSA) is 33.1 Å². The predicted molar refractivity (Wildman–Crippen MR) is 44.6 cm³/mol. The molecule has 1 atom stereocenters. The Bertz CT molecular complexity index is 260. The molecule has 0 saturated carbocycles. The van der Waals surface area contributed by atoms with E-state index in [9.17, 15) is 0 Å². The van der Waals surface area contributed by atoms with E-state index in [2.05, 4.69) is 4.98 Å². The van der Waals surface area contributed by atoms with Crippen molar-refractivity contribution in [2.45, 2.75) is 20.0 Å². The first-order valence-corrected chi connectivity index (χ1v) is 3.79. The third kappa shape index (κ3) is 1.91. The maximum Gasteiger partial charge on any atom is 0.131 e. The lowest BCUT2D eigenvalue weighted by molar-refractivity contribution is 0.199. The molecule has 1 aromatic heterocycles. The third-order valence-electron chi connectivity index (χ3n) is 1.52. The Hall–Kier alpha value is -0.600. The zero-order chi connectivity index (χ0) is 8.43. The summed E-state index contributed by atoms with van der Waals surface area (Å²) >= 11 is 5.69. The normalized spacial score (nSPS) is 13.1. The fraction of sp³-hybridized carbons (Fsp3) is 0.375. The largest absolute Gasteiger partial charge is 0.389 e. The fourth-order valence-electron chi connectivity index (χ4n) is 0.808. The average molecular weight is 172 g/mol. The van der Waals surface area contributed by atoms with Crippen LogP contribution in [0.3, 0.4) is 0 Å². The third-order valence-corrected chi connectivity index (χ3v) is 1.91. The van der Waals surface area contributed by atoms with Crippen molar-refractivity contribution < 1.29 is 5.11 Å². The summed E-state index contributed by atoms with van der Waals surface area (Å²) in [6.07, 6.45) is 1.11. The lowest BCUT2D eigenvalue weighted by Gasteiger charge is -2.04. The van der Waals surface area contributed by atoms with Crippen LogP contribution in [0.4, 0.5) is 0 Å². The van der Waals surface area contributed by atoms with E-state index in [1.807, 2.05) is 13.0 Å². The monoisotopic (exact) mass is 171 g/mol. The molecule has 60 valence electrons. The Morgan fingerprint density at radius 3 is 2.73 bits per heavy atom. The summed E-state index contributed by atoms with van der Waals surface area (Å²) in [6, 6.07) is 1.83. The number of hydrogen-bond donors (Lipinski definition) is 1. The molecule has 1 N–H and O–H groups in total. The average Bonchev–Trinajstić information content (AvgIpc) is 1.94. The molecule has 11 heavy (non-hydrogen) atoms. The first kappa shape index (κ1) is 8.50. The van der Waals surface area contributed by atoms with Crippen LogP contribution in [0.25, 0.3) is 0 Å². The van der Waals surface area contributed by atoms with E-state index in [0.29, 0.717) is 5.15 Å². The number of halogens is 1. The van der Waals surface area contributed by atoms with Crippen LogP contribution in [-0.4, -0.2) is 10.1 Å². The Balaban J connectivity index is 3.05. The molecule has 0 spiro atoms. The number of aromatic nitrogens is 1.